The number of nitrogens with zero attached hydrogens (tertiary/aromatic N) is 4. The van der Waals surface area contributed by atoms with E-state index < -0.39 is 0 Å². The van der Waals surface area contributed by atoms with Gasteiger partial charge in [-0.2, -0.15) is 10.4 Å². The number of anilines is 2. The van der Waals surface area contributed by atoms with Crippen molar-refractivity contribution in [2.75, 3.05) is 5.32 Å². The van der Waals surface area contributed by atoms with Crippen LogP contribution in [0.2, 0.25) is 0 Å². The molecule has 0 bridgehead atoms. The quantitative estimate of drug-likeness (QED) is 0.707. The van der Waals surface area contributed by atoms with Gasteiger partial charge >= 0.3 is 0 Å². The molecule has 4 rings (SSSR count). The Hall–Kier alpha value is -3.17. The first-order chi connectivity index (χ1) is 13.8. The van der Waals surface area contributed by atoms with E-state index in [1.165, 1.54) is 0 Å². The molecule has 0 fully saturated rings. The highest BCUT2D eigenvalue weighted by molar-refractivity contribution is 5.70. The number of hydrogen-bond acceptors (Lipinski definition) is 5. The van der Waals surface area contributed by atoms with Crippen molar-refractivity contribution in [2.24, 2.45) is 0 Å². The summed E-state index contributed by atoms with van der Waals surface area (Å²) in [5.41, 5.74) is 6.09. The van der Waals surface area contributed by atoms with Crippen molar-refractivity contribution in [3.8, 4) is 11.9 Å². The molecular weight excluding hydrogens is 362 g/mol. The van der Waals surface area contributed by atoms with E-state index in [-0.39, 0.29) is 5.60 Å². The van der Waals surface area contributed by atoms with Gasteiger partial charge in [0.2, 0.25) is 0 Å². The Balaban J connectivity index is 1.96. The zero-order valence-electron chi connectivity index (χ0n) is 17.5. The van der Waals surface area contributed by atoms with Crippen LogP contribution < -0.4 is 5.32 Å². The molecule has 1 aromatic carbocycles. The van der Waals surface area contributed by atoms with Crippen LogP contribution in [0.25, 0.3) is 5.82 Å². The monoisotopic (exact) mass is 387 g/mol. The van der Waals surface area contributed by atoms with Gasteiger partial charge in [-0.15, -0.1) is 0 Å². The Morgan fingerprint density at radius 2 is 1.93 bits per heavy atom. The van der Waals surface area contributed by atoms with E-state index in [1.807, 2.05) is 55.8 Å². The first-order valence-corrected chi connectivity index (χ1v) is 9.75. The lowest BCUT2D eigenvalue weighted by atomic mass is 9.89. The molecular formula is C23H25N5O. The van der Waals surface area contributed by atoms with Gasteiger partial charge in [-0.3, -0.25) is 0 Å². The minimum absolute atomic E-state index is 0.341. The summed E-state index contributed by atoms with van der Waals surface area (Å²) in [7, 11) is 0. The predicted octanol–water partition coefficient (Wildman–Crippen LogP) is 4.66. The summed E-state index contributed by atoms with van der Waals surface area (Å²) in [6.07, 6.45) is 0.641. The molecule has 29 heavy (non-hydrogen) atoms. The number of fused-ring (bicyclic) bond motifs is 1. The molecule has 0 atom stereocenters. The Labute approximate surface area is 171 Å². The van der Waals surface area contributed by atoms with Crippen LogP contribution in [0.15, 0.2) is 30.3 Å². The molecule has 6 heteroatoms. The number of nitrogens with one attached hydrogen (secondary N) is 1. The summed E-state index contributed by atoms with van der Waals surface area (Å²) in [5, 5.41) is 18.0. The lowest BCUT2D eigenvalue weighted by molar-refractivity contribution is -0.0403. The zero-order valence-corrected chi connectivity index (χ0v) is 17.5. The van der Waals surface area contributed by atoms with Crippen LogP contribution >= 0.6 is 0 Å². The summed E-state index contributed by atoms with van der Waals surface area (Å²) < 4.78 is 7.91. The summed E-state index contributed by atoms with van der Waals surface area (Å²) >= 11 is 0. The summed E-state index contributed by atoms with van der Waals surface area (Å²) in [6, 6.07) is 12.4. The van der Waals surface area contributed by atoms with E-state index in [0.717, 1.165) is 39.6 Å². The number of benzene rings is 1. The molecule has 0 radical (unpaired) electrons. The van der Waals surface area contributed by atoms with E-state index in [9.17, 15) is 5.26 Å². The first-order valence-electron chi connectivity index (χ1n) is 9.75. The highest BCUT2D eigenvalue weighted by Crippen LogP contribution is 2.36. The van der Waals surface area contributed by atoms with E-state index in [0.29, 0.717) is 24.4 Å². The number of nitriles is 1. The van der Waals surface area contributed by atoms with Crippen LogP contribution in [0.4, 0.5) is 11.5 Å². The molecule has 6 nitrogen and oxygen atoms in total. The van der Waals surface area contributed by atoms with E-state index in [4.69, 9.17) is 9.72 Å². The van der Waals surface area contributed by atoms with Crippen molar-refractivity contribution < 1.29 is 4.74 Å². The highest BCUT2D eigenvalue weighted by Gasteiger charge is 2.33. The van der Waals surface area contributed by atoms with Gasteiger partial charge in [0.15, 0.2) is 11.6 Å². The normalized spacial score (nSPS) is 14.9. The molecule has 2 aromatic heterocycles. The van der Waals surface area contributed by atoms with Crippen molar-refractivity contribution in [3.63, 3.8) is 0 Å². The minimum atomic E-state index is -0.341. The summed E-state index contributed by atoms with van der Waals surface area (Å²) in [5.74, 6) is 1.27. The number of pyridine rings is 1. The van der Waals surface area contributed by atoms with Gasteiger partial charge in [-0.25, -0.2) is 9.67 Å². The number of para-hydroxylation sites is 1. The maximum absolute atomic E-state index is 10.0. The van der Waals surface area contributed by atoms with Crippen molar-refractivity contribution >= 4 is 11.5 Å². The van der Waals surface area contributed by atoms with Gasteiger partial charge < -0.3 is 10.1 Å². The fourth-order valence-electron chi connectivity index (χ4n) is 3.82. The molecule has 148 valence electrons. The average Bonchev–Trinajstić information content (AvgIpc) is 3.00. The maximum atomic E-state index is 10.0. The van der Waals surface area contributed by atoms with Crippen molar-refractivity contribution in [1.82, 2.24) is 14.8 Å². The molecule has 1 aliphatic heterocycles. The fraction of sp³-hybridized carbons (Fsp3) is 0.348. The number of ether oxygens (including phenoxy) is 1. The summed E-state index contributed by atoms with van der Waals surface area (Å²) in [4.78, 5) is 4.87. The molecule has 0 amide bonds. The molecule has 3 heterocycles. The molecule has 1 aliphatic rings. The van der Waals surface area contributed by atoms with Crippen molar-refractivity contribution in [1.29, 1.82) is 5.26 Å². The molecule has 1 N–H and O–H groups in total. The Morgan fingerprint density at radius 3 is 2.59 bits per heavy atom. The van der Waals surface area contributed by atoms with Crippen LogP contribution in [0, 0.1) is 32.1 Å². The highest BCUT2D eigenvalue weighted by atomic mass is 16.5. The van der Waals surface area contributed by atoms with Crippen LogP contribution in [-0.2, 0) is 17.8 Å². The van der Waals surface area contributed by atoms with Gasteiger partial charge in [-0.05, 0) is 57.9 Å². The molecule has 3 aromatic rings. The maximum Gasteiger partial charge on any atom is 0.161 e. The molecule has 0 spiro atoms. The standard InChI is InChI=1S/C23H25N5O/c1-14-8-6-7-9-20(14)25-21-18(12-24)17-11-23(4,5)29-13-19(17)22(26-21)28-16(3)10-15(2)27-28/h6-10H,11,13H2,1-5H3,(H,25,26). The average molecular weight is 387 g/mol. The third-order valence-corrected chi connectivity index (χ3v) is 5.32. The van der Waals surface area contributed by atoms with Gasteiger partial charge in [0.1, 0.15) is 6.07 Å². The van der Waals surface area contributed by atoms with Gasteiger partial charge in [-0.1, -0.05) is 18.2 Å². The lowest BCUT2D eigenvalue weighted by Gasteiger charge is -2.33. The molecule has 0 aliphatic carbocycles. The number of rotatable bonds is 3. The second-order valence-electron chi connectivity index (χ2n) is 8.23. The van der Waals surface area contributed by atoms with Crippen LogP contribution in [0.3, 0.4) is 0 Å². The van der Waals surface area contributed by atoms with E-state index >= 15 is 0 Å². The number of aryl methyl sites for hydroxylation is 3. The van der Waals surface area contributed by atoms with Gasteiger partial charge in [0.05, 0.1) is 23.5 Å². The second-order valence-corrected chi connectivity index (χ2v) is 8.23. The van der Waals surface area contributed by atoms with Crippen molar-refractivity contribution in [3.05, 3.63) is 64.0 Å². The Morgan fingerprint density at radius 1 is 1.17 bits per heavy atom. The third kappa shape index (κ3) is 3.50. The molecule has 0 unspecified atom stereocenters. The van der Waals surface area contributed by atoms with Crippen LogP contribution in [0.1, 0.15) is 47.5 Å². The first kappa shape index (κ1) is 19.2. The van der Waals surface area contributed by atoms with E-state index in [2.05, 4.69) is 30.3 Å². The molecule has 0 saturated heterocycles. The minimum Gasteiger partial charge on any atom is -0.370 e. The predicted molar refractivity (Wildman–Crippen MR) is 113 cm³/mol. The van der Waals surface area contributed by atoms with E-state index in [1.54, 1.807) is 0 Å². The molecule has 0 saturated carbocycles. The second kappa shape index (κ2) is 7.02. The van der Waals surface area contributed by atoms with Gasteiger partial charge in [0.25, 0.3) is 0 Å². The number of aromatic nitrogens is 3. The Bertz CT molecular complexity index is 1140. The van der Waals surface area contributed by atoms with Crippen LogP contribution in [0.5, 0.6) is 0 Å². The number of hydrogen-bond donors (Lipinski definition) is 1. The topological polar surface area (TPSA) is 75.8 Å². The van der Waals surface area contributed by atoms with Crippen LogP contribution in [-0.4, -0.2) is 20.4 Å². The SMILES string of the molecule is Cc1cc(C)n(-c2nc(Nc3ccccc3C)c(C#N)c3c2COC(C)(C)C3)n1. The summed E-state index contributed by atoms with van der Waals surface area (Å²) in [6.45, 7) is 10.5. The largest absolute Gasteiger partial charge is 0.370 e. The zero-order chi connectivity index (χ0) is 20.8. The lowest BCUT2D eigenvalue weighted by Crippen LogP contribution is -2.33. The van der Waals surface area contributed by atoms with Gasteiger partial charge in [0, 0.05) is 23.4 Å². The smallest absolute Gasteiger partial charge is 0.161 e. The third-order valence-electron chi connectivity index (χ3n) is 5.32. The fourth-order valence-corrected chi connectivity index (χ4v) is 3.82. The van der Waals surface area contributed by atoms with Crippen molar-refractivity contribution in [2.45, 2.75) is 53.2 Å². The Kier molecular flexibility index (Phi) is 4.64.